The van der Waals surface area contributed by atoms with Crippen LogP contribution in [-0.4, -0.2) is 67.7 Å². The molecule has 1 heterocycles. The molecule has 0 aromatic heterocycles. The van der Waals surface area contributed by atoms with Crippen molar-refractivity contribution in [2.24, 2.45) is 11.7 Å². The molecule has 154 valence electrons. The molecular formula is C15H27ClF3N3O3S. The summed E-state index contributed by atoms with van der Waals surface area (Å²) in [6.07, 6.45) is -0.123. The van der Waals surface area contributed by atoms with Gasteiger partial charge in [0.05, 0.1) is 6.26 Å². The molecule has 6 nitrogen and oxygen atoms in total. The van der Waals surface area contributed by atoms with E-state index in [1.54, 1.807) is 4.90 Å². The van der Waals surface area contributed by atoms with Gasteiger partial charge in [0.25, 0.3) is 0 Å². The lowest BCUT2D eigenvalue weighted by Crippen LogP contribution is -2.52. The zero-order valence-electron chi connectivity index (χ0n) is 14.7. The standard InChI is InChI=1S/C15H26F3N3O3S.ClH/c1-25(23,24)21(10-15(16,17)18)13-5-7-20(8-6-13)14(22)11-3-2-4-12(19)9-11;/h11-13H,2-10,19H2,1H3;1H. The lowest BCUT2D eigenvalue weighted by Gasteiger charge is -2.39. The van der Waals surface area contributed by atoms with E-state index >= 15 is 0 Å². The van der Waals surface area contributed by atoms with E-state index in [0.29, 0.717) is 10.7 Å². The Balaban J connectivity index is 0.00000338. The SMILES string of the molecule is CS(=O)(=O)N(CC(F)(F)F)C1CCN(C(=O)C2CCCC(N)C2)CC1.Cl. The molecular weight excluding hydrogens is 395 g/mol. The van der Waals surface area contributed by atoms with Crippen LogP contribution in [0, 0.1) is 5.92 Å². The Hall–Kier alpha value is -0.580. The van der Waals surface area contributed by atoms with E-state index in [-0.39, 0.29) is 56.2 Å². The van der Waals surface area contributed by atoms with Crippen molar-refractivity contribution in [3.63, 3.8) is 0 Å². The highest BCUT2D eigenvalue weighted by Crippen LogP contribution is 2.28. The van der Waals surface area contributed by atoms with E-state index in [2.05, 4.69) is 0 Å². The van der Waals surface area contributed by atoms with E-state index in [1.807, 2.05) is 0 Å². The van der Waals surface area contributed by atoms with Crippen LogP contribution in [0.1, 0.15) is 38.5 Å². The minimum Gasteiger partial charge on any atom is -0.342 e. The number of likely N-dealkylation sites (tertiary alicyclic amines) is 1. The molecule has 11 heteroatoms. The van der Waals surface area contributed by atoms with Crippen molar-refractivity contribution in [3.05, 3.63) is 0 Å². The normalized spacial score (nSPS) is 25.8. The van der Waals surface area contributed by atoms with E-state index in [9.17, 15) is 26.4 Å². The molecule has 1 amide bonds. The summed E-state index contributed by atoms with van der Waals surface area (Å²) in [7, 11) is -3.97. The molecule has 2 aliphatic rings. The Morgan fingerprint density at radius 2 is 1.77 bits per heavy atom. The zero-order chi connectivity index (χ0) is 18.8. The van der Waals surface area contributed by atoms with Crippen LogP contribution in [0.15, 0.2) is 0 Å². The fourth-order valence-corrected chi connectivity index (χ4v) is 4.91. The highest BCUT2D eigenvalue weighted by molar-refractivity contribution is 7.88. The summed E-state index contributed by atoms with van der Waals surface area (Å²) in [5.41, 5.74) is 5.91. The first-order valence-corrected chi connectivity index (χ1v) is 10.4. The first kappa shape index (κ1) is 23.5. The van der Waals surface area contributed by atoms with Gasteiger partial charge in [-0.1, -0.05) is 6.42 Å². The average molecular weight is 422 g/mol. The summed E-state index contributed by atoms with van der Waals surface area (Å²) in [5.74, 6) is -0.128. The molecule has 1 saturated heterocycles. The fraction of sp³-hybridized carbons (Fsp3) is 0.933. The van der Waals surface area contributed by atoms with Crippen molar-refractivity contribution < 1.29 is 26.4 Å². The number of rotatable bonds is 4. The van der Waals surface area contributed by atoms with Crippen LogP contribution < -0.4 is 5.73 Å². The second-order valence-electron chi connectivity index (χ2n) is 7.10. The van der Waals surface area contributed by atoms with E-state index in [1.165, 1.54) is 0 Å². The van der Waals surface area contributed by atoms with Gasteiger partial charge in [0, 0.05) is 31.1 Å². The predicted molar refractivity (Wildman–Crippen MR) is 94.4 cm³/mol. The van der Waals surface area contributed by atoms with Crippen molar-refractivity contribution in [2.75, 3.05) is 25.9 Å². The molecule has 1 saturated carbocycles. The van der Waals surface area contributed by atoms with Crippen LogP contribution in [0.5, 0.6) is 0 Å². The Labute approximate surface area is 158 Å². The van der Waals surface area contributed by atoms with Crippen LogP contribution in [0.25, 0.3) is 0 Å². The Kier molecular flexibility index (Phi) is 8.19. The molecule has 26 heavy (non-hydrogen) atoms. The number of nitrogens with zero attached hydrogens (tertiary/aromatic N) is 2. The van der Waals surface area contributed by atoms with Gasteiger partial charge in [-0.05, 0) is 32.1 Å². The summed E-state index contributed by atoms with van der Waals surface area (Å²) in [6.45, 7) is -0.930. The monoisotopic (exact) mass is 421 g/mol. The summed E-state index contributed by atoms with van der Waals surface area (Å²) in [4.78, 5) is 14.2. The number of halogens is 4. The number of alkyl halides is 3. The summed E-state index contributed by atoms with van der Waals surface area (Å²) in [6, 6.07) is -0.706. The number of hydrogen-bond donors (Lipinski definition) is 1. The first-order valence-electron chi connectivity index (χ1n) is 8.55. The van der Waals surface area contributed by atoms with Crippen molar-refractivity contribution in [3.8, 4) is 0 Å². The highest BCUT2D eigenvalue weighted by Gasteiger charge is 2.40. The second-order valence-corrected chi connectivity index (χ2v) is 9.04. The van der Waals surface area contributed by atoms with Crippen molar-refractivity contribution >= 4 is 28.3 Å². The molecule has 0 radical (unpaired) electrons. The molecule has 2 fully saturated rings. The molecule has 2 atom stereocenters. The summed E-state index contributed by atoms with van der Waals surface area (Å²) >= 11 is 0. The number of carbonyl (C=O) groups is 1. The smallest absolute Gasteiger partial charge is 0.342 e. The molecule has 1 aliphatic heterocycles. The number of hydrogen-bond acceptors (Lipinski definition) is 4. The predicted octanol–water partition coefficient (Wildman–Crippen LogP) is 1.74. The third kappa shape index (κ3) is 6.54. The number of amides is 1. The van der Waals surface area contributed by atoms with Crippen LogP contribution in [0.4, 0.5) is 13.2 Å². The average Bonchev–Trinajstić information content (AvgIpc) is 2.50. The second kappa shape index (κ2) is 9.07. The molecule has 0 bridgehead atoms. The van der Waals surface area contributed by atoms with Gasteiger partial charge in [0.1, 0.15) is 6.54 Å². The van der Waals surface area contributed by atoms with E-state index in [0.717, 1.165) is 25.5 Å². The Morgan fingerprint density at radius 1 is 1.19 bits per heavy atom. The Bertz CT molecular complexity index is 580. The summed E-state index contributed by atoms with van der Waals surface area (Å²) < 4.78 is 62.1. The van der Waals surface area contributed by atoms with Gasteiger partial charge in [0.15, 0.2) is 0 Å². The molecule has 1 aliphatic carbocycles. The van der Waals surface area contributed by atoms with Gasteiger partial charge in [0.2, 0.25) is 15.9 Å². The molecule has 0 aromatic rings. The third-order valence-corrected chi connectivity index (χ3v) is 6.29. The molecule has 0 aromatic carbocycles. The van der Waals surface area contributed by atoms with Crippen LogP contribution >= 0.6 is 12.4 Å². The zero-order valence-corrected chi connectivity index (χ0v) is 16.4. The van der Waals surface area contributed by atoms with Crippen molar-refractivity contribution in [1.82, 2.24) is 9.21 Å². The van der Waals surface area contributed by atoms with Crippen LogP contribution in [0.2, 0.25) is 0 Å². The third-order valence-electron chi connectivity index (χ3n) is 5.01. The maximum atomic E-state index is 12.7. The lowest BCUT2D eigenvalue weighted by atomic mass is 9.85. The maximum absolute atomic E-state index is 12.7. The molecule has 2 N–H and O–H groups in total. The van der Waals surface area contributed by atoms with E-state index in [4.69, 9.17) is 5.73 Å². The first-order chi connectivity index (χ1) is 11.5. The Morgan fingerprint density at radius 3 is 2.23 bits per heavy atom. The van der Waals surface area contributed by atoms with Gasteiger partial charge in [-0.3, -0.25) is 4.79 Å². The van der Waals surface area contributed by atoms with Crippen LogP contribution in [-0.2, 0) is 14.8 Å². The molecule has 2 rings (SSSR count). The summed E-state index contributed by atoms with van der Waals surface area (Å²) in [5, 5.41) is 0. The van der Waals surface area contributed by atoms with Crippen molar-refractivity contribution in [1.29, 1.82) is 0 Å². The molecule has 2 unspecified atom stereocenters. The van der Waals surface area contributed by atoms with Gasteiger partial charge in [-0.2, -0.15) is 17.5 Å². The lowest BCUT2D eigenvalue weighted by molar-refractivity contribution is -0.144. The maximum Gasteiger partial charge on any atom is 0.402 e. The van der Waals surface area contributed by atoms with E-state index < -0.39 is 28.8 Å². The highest BCUT2D eigenvalue weighted by atomic mass is 35.5. The van der Waals surface area contributed by atoms with Crippen molar-refractivity contribution in [2.45, 2.75) is 56.8 Å². The van der Waals surface area contributed by atoms with Gasteiger partial charge in [-0.25, -0.2) is 8.42 Å². The minimum absolute atomic E-state index is 0. The largest absolute Gasteiger partial charge is 0.402 e. The minimum atomic E-state index is -4.59. The number of carbonyl (C=O) groups excluding carboxylic acids is 1. The van der Waals surface area contributed by atoms with Crippen LogP contribution in [0.3, 0.4) is 0 Å². The number of piperidine rings is 1. The fourth-order valence-electron chi connectivity index (χ4n) is 3.78. The van der Waals surface area contributed by atoms with Gasteiger partial charge in [-0.15, -0.1) is 12.4 Å². The number of sulfonamides is 1. The van der Waals surface area contributed by atoms with Gasteiger partial charge >= 0.3 is 6.18 Å². The quantitative estimate of drug-likeness (QED) is 0.749. The molecule has 0 spiro atoms. The van der Waals surface area contributed by atoms with Gasteiger partial charge < -0.3 is 10.6 Å². The topological polar surface area (TPSA) is 83.7 Å². The number of nitrogens with two attached hydrogens (primary N) is 1.